The van der Waals surface area contributed by atoms with E-state index in [0.29, 0.717) is 22.0 Å². The lowest BCUT2D eigenvalue weighted by Crippen LogP contribution is -2.47. The Hall–Kier alpha value is -2.72. The number of aromatic nitrogens is 4. The highest BCUT2D eigenvalue weighted by molar-refractivity contribution is 6.33. The number of anilines is 1. The predicted molar refractivity (Wildman–Crippen MR) is 117 cm³/mol. The standard InChI is InChI=1S/C22H22ClN5O4/c1-2-22-17(10-30-18(22)16(29)9-31-22)32-21-26-15-8-12(23)19(27-20(15)28-21)25-14-6-5-13-11(14)4-3-7-24-13/h2-4,7-8,14,16-18,29H,1,5-6,9-10H2,(H2,25,26,27,28)/t14?,16-,17-,18?,22-/m1/s1. The maximum Gasteiger partial charge on any atom is 0.296 e. The molecule has 166 valence electrons. The van der Waals surface area contributed by atoms with E-state index in [2.05, 4.69) is 37.9 Å². The summed E-state index contributed by atoms with van der Waals surface area (Å²) < 4.78 is 17.6. The number of halogens is 1. The molecule has 0 bridgehead atoms. The second kappa shape index (κ2) is 7.41. The molecule has 10 heteroatoms. The van der Waals surface area contributed by atoms with Crippen LogP contribution in [0.25, 0.3) is 11.2 Å². The van der Waals surface area contributed by atoms with Gasteiger partial charge in [-0.1, -0.05) is 30.3 Å². The fourth-order valence-electron chi connectivity index (χ4n) is 4.89. The van der Waals surface area contributed by atoms with Gasteiger partial charge in [-0.2, -0.15) is 4.98 Å². The van der Waals surface area contributed by atoms with Gasteiger partial charge in [0.05, 0.1) is 29.8 Å². The minimum absolute atomic E-state index is 0.0989. The molecule has 0 aromatic carbocycles. The van der Waals surface area contributed by atoms with Crippen molar-refractivity contribution >= 4 is 28.6 Å². The third-order valence-corrected chi connectivity index (χ3v) is 6.78. The number of hydrogen-bond acceptors (Lipinski definition) is 8. The van der Waals surface area contributed by atoms with Gasteiger partial charge >= 0.3 is 0 Å². The summed E-state index contributed by atoms with van der Waals surface area (Å²) in [7, 11) is 0. The van der Waals surface area contributed by atoms with Crippen LogP contribution in [0.5, 0.6) is 6.01 Å². The number of hydrogen-bond donors (Lipinski definition) is 3. The van der Waals surface area contributed by atoms with Crippen molar-refractivity contribution < 1.29 is 19.3 Å². The van der Waals surface area contributed by atoms with E-state index in [1.54, 1.807) is 12.1 Å². The van der Waals surface area contributed by atoms with Gasteiger partial charge in [0, 0.05) is 11.9 Å². The molecule has 3 aromatic rings. The molecule has 3 aliphatic rings. The first-order valence-electron chi connectivity index (χ1n) is 10.6. The molecule has 2 saturated heterocycles. The molecule has 1 aliphatic carbocycles. The maximum atomic E-state index is 10.1. The van der Waals surface area contributed by atoms with Gasteiger partial charge in [-0.3, -0.25) is 4.98 Å². The summed E-state index contributed by atoms with van der Waals surface area (Å²) in [6.07, 6.45) is 3.56. The Morgan fingerprint density at radius 2 is 2.28 bits per heavy atom. The highest BCUT2D eigenvalue weighted by atomic mass is 35.5. The van der Waals surface area contributed by atoms with Gasteiger partial charge in [-0.15, -0.1) is 0 Å². The molecule has 3 N–H and O–H groups in total. The smallest absolute Gasteiger partial charge is 0.296 e. The fraction of sp³-hybridized carbons (Fsp3) is 0.409. The molecule has 6 rings (SSSR count). The molecule has 3 aromatic heterocycles. The van der Waals surface area contributed by atoms with Crippen LogP contribution in [0.4, 0.5) is 5.82 Å². The number of aliphatic hydroxyl groups is 1. The van der Waals surface area contributed by atoms with Crippen LogP contribution >= 0.6 is 11.6 Å². The van der Waals surface area contributed by atoms with Gasteiger partial charge in [0.2, 0.25) is 0 Å². The zero-order chi connectivity index (χ0) is 21.9. The van der Waals surface area contributed by atoms with E-state index in [1.165, 1.54) is 5.56 Å². The first-order chi connectivity index (χ1) is 15.6. The van der Waals surface area contributed by atoms with Gasteiger partial charge in [0.25, 0.3) is 6.01 Å². The topological polar surface area (TPSA) is 114 Å². The highest BCUT2D eigenvalue weighted by Gasteiger charge is 2.59. The summed E-state index contributed by atoms with van der Waals surface area (Å²) in [5, 5.41) is 14.0. The van der Waals surface area contributed by atoms with Crippen LogP contribution in [0, 0.1) is 0 Å². The minimum atomic E-state index is -0.917. The number of fused-ring (bicyclic) bond motifs is 3. The first-order valence-corrected chi connectivity index (χ1v) is 11.0. The van der Waals surface area contributed by atoms with Crippen molar-refractivity contribution in [2.24, 2.45) is 0 Å². The summed E-state index contributed by atoms with van der Waals surface area (Å²) in [5.41, 5.74) is 2.48. The Labute approximate surface area is 188 Å². The lowest BCUT2D eigenvalue weighted by Gasteiger charge is -2.28. The van der Waals surface area contributed by atoms with Crippen molar-refractivity contribution in [3.63, 3.8) is 0 Å². The molecule has 2 fully saturated rings. The summed E-state index contributed by atoms with van der Waals surface area (Å²) in [4.78, 5) is 16.7. The molecule has 32 heavy (non-hydrogen) atoms. The zero-order valence-corrected chi connectivity index (χ0v) is 17.9. The number of rotatable bonds is 5. The van der Waals surface area contributed by atoms with Crippen LogP contribution in [-0.4, -0.2) is 62.2 Å². The number of aryl methyl sites for hydroxylation is 1. The molecule has 9 nitrogen and oxygen atoms in total. The van der Waals surface area contributed by atoms with Crippen molar-refractivity contribution in [2.75, 3.05) is 18.5 Å². The second-order valence-corrected chi connectivity index (χ2v) is 8.71. The van der Waals surface area contributed by atoms with E-state index in [4.69, 9.17) is 25.8 Å². The second-order valence-electron chi connectivity index (χ2n) is 8.30. The van der Waals surface area contributed by atoms with Gasteiger partial charge in [-0.05, 0) is 30.5 Å². The molecule has 0 amide bonds. The third-order valence-electron chi connectivity index (χ3n) is 6.49. The van der Waals surface area contributed by atoms with E-state index in [9.17, 15) is 5.11 Å². The number of aromatic amines is 1. The highest BCUT2D eigenvalue weighted by Crippen LogP contribution is 2.40. The van der Waals surface area contributed by atoms with Crippen LogP contribution in [0.3, 0.4) is 0 Å². The molecule has 2 aliphatic heterocycles. The maximum absolute atomic E-state index is 10.1. The Balaban J connectivity index is 1.25. The van der Waals surface area contributed by atoms with Crippen LogP contribution in [0.15, 0.2) is 37.1 Å². The molecule has 5 heterocycles. The van der Waals surface area contributed by atoms with E-state index >= 15 is 0 Å². The van der Waals surface area contributed by atoms with E-state index in [-0.39, 0.29) is 25.3 Å². The number of H-pyrrole nitrogens is 1. The van der Waals surface area contributed by atoms with E-state index in [1.807, 2.05) is 12.3 Å². The third kappa shape index (κ3) is 3.00. The Morgan fingerprint density at radius 1 is 1.38 bits per heavy atom. The minimum Gasteiger partial charge on any atom is -0.455 e. The van der Waals surface area contributed by atoms with Crippen LogP contribution in [0.1, 0.15) is 23.7 Å². The van der Waals surface area contributed by atoms with Crippen molar-refractivity contribution in [3.8, 4) is 6.01 Å². The average molecular weight is 456 g/mol. The molecule has 2 unspecified atom stereocenters. The number of ether oxygens (including phenoxy) is 3. The Morgan fingerprint density at radius 3 is 3.16 bits per heavy atom. The summed E-state index contributed by atoms with van der Waals surface area (Å²) in [6.45, 7) is 4.28. The van der Waals surface area contributed by atoms with Gasteiger partial charge < -0.3 is 29.6 Å². The monoisotopic (exact) mass is 455 g/mol. The van der Waals surface area contributed by atoms with Crippen LogP contribution in [0.2, 0.25) is 5.02 Å². The van der Waals surface area contributed by atoms with Crippen LogP contribution in [-0.2, 0) is 15.9 Å². The molecular formula is C22H22ClN5O4. The molecule has 0 spiro atoms. The Kier molecular flexibility index (Phi) is 4.62. The first kappa shape index (κ1) is 19.9. The Bertz CT molecular complexity index is 1200. The number of nitrogens with zero attached hydrogens (tertiary/aromatic N) is 3. The summed E-state index contributed by atoms with van der Waals surface area (Å²) in [6, 6.07) is 6.17. The summed E-state index contributed by atoms with van der Waals surface area (Å²) >= 11 is 6.51. The van der Waals surface area contributed by atoms with Gasteiger partial charge in [-0.25, -0.2) is 4.98 Å². The lowest BCUT2D eigenvalue weighted by atomic mass is 9.92. The SMILES string of the molecule is C=C[C@]12OC[C@@H](O)C1OC[C@H]2Oc1nc2nc(NC3CCc4ncccc43)c(Cl)cc2[nH]1. The normalized spacial score (nSPS) is 30.9. The average Bonchev–Trinajstić information content (AvgIpc) is 3.54. The quantitative estimate of drug-likeness (QED) is 0.503. The predicted octanol–water partition coefficient (Wildman–Crippen LogP) is 2.57. The largest absolute Gasteiger partial charge is 0.455 e. The summed E-state index contributed by atoms with van der Waals surface area (Å²) in [5.74, 6) is 0.563. The van der Waals surface area contributed by atoms with Crippen molar-refractivity contribution in [3.05, 3.63) is 53.3 Å². The van der Waals surface area contributed by atoms with Crippen molar-refractivity contribution in [2.45, 2.75) is 42.8 Å². The molecule has 5 atom stereocenters. The van der Waals surface area contributed by atoms with Crippen LogP contribution < -0.4 is 10.1 Å². The lowest BCUT2D eigenvalue weighted by molar-refractivity contribution is -0.0324. The van der Waals surface area contributed by atoms with Gasteiger partial charge in [0.1, 0.15) is 18.0 Å². The van der Waals surface area contributed by atoms with Gasteiger partial charge in [0.15, 0.2) is 17.4 Å². The number of nitrogens with one attached hydrogen (secondary N) is 2. The molecule has 0 saturated carbocycles. The van der Waals surface area contributed by atoms with Crippen molar-refractivity contribution in [1.29, 1.82) is 0 Å². The number of pyridine rings is 2. The zero-order valence-electron chi connectivity index (χ0n) is 17.1. The number of imidazole rings is 1. The molecule has 0 radical (unpaired) electrons. The fourth-order valence-corrected chi connectivity index (χ4v) is 5.09. The van der Waals surface area contributed by atoms with E-state index in [0.717, 1.165) is 18.5 Å². The molecular weight excluding hydrogens is 434 g/mol. The van der Waals surface area contributed by atoms with Crippen molar-refractivity contribution in [1.82, 2.24) is 19.9 Å². The van der Waals surface area contributed by atoms with E-state index < -0.39 is 23.9 Å². The number of aliphatic hydroxyl groups excluding tert-OH is 1.